The maximum absolute atomic E-state index is 6.94. The molecule has 2 heterocycles. The van der Waals surface area contributed by atoms with Crippen molar-refractivity contribution < 1.29 is 0 Å². The van der Waals surface area contributed by atoms with Crippen LogP contribution in [0.15, 0.2) is 17.4 Å². The Morgan fingerprint density at radius 1 is 1.43 bits per heavy atom. The highest BCUT2D eigenvalue weighted by atomic mass is 15.2. The minimum atomic E-state index is 0.660. The topological polar surface area (TPSA) is 52.3 Å². The largest absolute Gasteiger partial charge is 0.357 e. The van der Waals surface area contributed by atoms with Gasteiger partial charge in [-0.2, -0.15) is 5.11 Å². The highest BCUT2D eigenvalue weighted by Crippen LogP contribution is 2.23. The zero-order valence-corrected chi connectivity index (χ0v) is 8.32. The molecular formula is C10H14N4. The summed E-state index contributed by atoms with van der Waals surface area (Å²) in [4.78, 5) is 6.58. The fourth-order valence-corrected chi connectivity index (χ4v) is 1.77. The van der Waals surface area contributed by atoms with E-state index in [1.807, 2.05) is 13.0 Å². The summed E-state index contributed by atoms with van der Waals surface area (Å²) in [6.45, 7) is 4.17. The first-order valence-electron chi connectivity index (χ1n) is 4.90. The third-order valence-corrected chi connectivity index (χ3v) is 2.62. The van der Waals surface area contributed by atoms with Crippen LogP contribution < -0.4 is 4.90 Å². The maximum atomic E-state index is 6.94. The van der Waals surface area contributed by atoms with Crippen molar-refractivity contribution in [1.82, 2.24) is 4.98 Å². The number of nitrogens with zero attached hydrogens (tertiary/aromatic N) is 3. The lowest BCUT2D eigenvalue weighted by atomic mass is 10.2. The number of anilines is 1. The minimum Gasteiger partial charge on any atom is -0.357 e. The first-order chi connectivity index (χ1) is 6.81. The molecule has 0 atom stereocenters. The van der Waals surface area contributed by atoms with Crippen LogP contribution in [0.3, 0.4) is 0 Å². The normalized spacial score (nSPS) is 15.9. The van der Waals surface area contributed by atoms with Gasteiger partial charge < -0.3 is 4.90 Å². The van der Waals surface area contributed by atoms with E-state index < -0.39 is 0 Å². The van der Waals surface area contributed by atoms with E-state index in [0.29, 0.717) is 5.69 Å². The zero-order valence-electron chi connectivity index (χ0n) is 8.32. The highest BCUT2D eigenvalue weighted by molar-refractivity contribution is 5.51. The quantitative estimate of drug-likeness (QED) is 0.729. The predicted octanol–water partition coefficient (Wildman–Crippen LogP) is 2.65. The number of aromatic nitrogens is 1. The van der Waals surface area contributed by atoms with Crippen LogP contribution in [0.25, 0.3) is 0 Å². The lowest BCUT2D eigenvalue weighted by molar-refractivity contribution is 0.933. The molecule has 1 N–H and O–H groups in total. The molecule has 4 nitrogen and oxygen atoms in total. The molecule has 0 bridgehead atoms. The predicted molar refractivity (Wildman–Crippen MR) is 55.2 cm³/mol. The van der Waals surface area contributed by atoms with Gasteiger partial charge in [0.05, 0.1) is 6.20 Å². The fraction of sp³-hybridized carbons (Fsp3) is 0.500. The van der Waals surface area contributed by atoms with Crippen molar-refractivity contribution >= 4 is 11.5 Å². The van der Waals surface area contributed by atoms with Gasteiger partial charge in [-0.1, -0.05) is 0 Å². The Bertz CT molecular complexity index is 342. The van der Waals surface area contributed by atoms with Crippen LogP contribution in [-0.2, 0) is 0 Å². The molecule has 4 heteroatoms. The Hall–Kier alpha value is -1.45. The molecule has 0 aromatic carbocycles. The zero-order chi connectivity index (χ0) is 9.97. The van der Waals surface area contributed by atoms with Crippen LogP contribution in [0.4, 0.5) is 11.5 Å². The van der Waals surface area contributed by atoms with Crippen molar-refractivity contribution in [3.05, 3.63) is 17.8 Å². The summed E-state index contributed by atoms with van der Waals surface area (Å²) in [5.41, 5.74) is 8.62. The van der Waals surface area contributed by atoms with E-state index in [2.05, 4.69) is 15.0 Å². The molecule has 1 aromatic rings. The first-order valence-corrected chi connectivity index (χ1v) is 4.90. The summed E-state index contributed by atoms with van der Waals surface area (Å²) in [5, 5.41) is 3.41. The van der Waals surface area contributed by atoms with Gasteiger partial charge in [-0.3, -0.25) is 0 Å². The number of aryl methyl sites for hydroxylation is 1. The molecule has 1 aromatic heterocycles. The van der Waals surface area contributed by atoms with Crippen LogP contribution in [0, 0.1) is 12.5 Å². The van der Waals surface area contributed by atoms with Gasteiger partial charge in [0, 0.05) is 13.1 Å². The Morgan fingerprint density at radius 3 is 2.71 bits per heavy atom. The van der Waals surface area contributed by atoms with Crippen molar-refractivity contribution in [2.75, 3.05) is 18.0 Å². The maximum Gasteiger partial charge on any atom is 0.128 e. The fourth-order valence-electron chi connectivity index (χ4n) is 1.77. The monoisotopic (exact) mass is 190 g/mol. The molecule has 1 saturated heterocycles. The molecule has 0 saturated carbocycles. The molecule has 1 aliphatic heterocycles. The van der Waals surface area contributed by atoms with Gasteiger partial charge >= 0.3 is 0 Å². The van der Waals surface area contributed by atoms with E-state index in [9.17, 15) is 0 Å². The standard InChI is InChI=1S/C10H14N4/c1-8-6-10(12-7-9(8)13-11)14-4-2-3-5-14/h6-7,11H,2-5H2,1H3. The molecule has 0 spiro atoms. The lowest BCUT2D eigenvalue weighted by Gasteiger charge is -2.16. The van der Waals surface area contributed by atoms with Crippen molar-refractivity contribution in [3.8, 4) is 0 Å². The van der Waals surface area contributed by atoms with E-state index >= 15 is 0 Å². The minimum absolute atomic E-state index is 0.660. The van der Waals surface area contributed by atoms with Gasteiger partial charge in [-0.25, -0.2) is 10.5 Å². The molecule has 1 fully saturated rings. The van der Waals surface area contributed by atoms with Gasteiger partial charge in [-0.05, 0) is 31.4 Å². The summed E-state index contributed by atoms with van der Waals surface area (Å²) in [6.07, 6.45) is 4.19. The van der Waals surface area contributed by atoms with Crippen LogP contribution in [-0.4, -0.2) is 18.1 Å². The van der Waals surface area contributed by atoms with Crippen LogP contribution in [0.1, 0.15) is 18.4 Å². The average molecular weight is 190 g/mol. The smallest absolute Gasteiger partial charge is 0.128 e. The van der Waals surface area contributed by atoms with E-state index in [0.717, 1.165) is 24.5 Å². The van der Waals surface area contributed by atoms with E-state index in [1.165, 1.54) is 12.8 Å². The van der Waals surface area contributed by atoms with Crippen molar-refractivity contribution in [1.29, 1.82) is 5.53 Å². The Labute approximate surface area is 83.5 Å². The van der Waals surface area contributed by atoms with E-state index in [1.54, 1.807) is 6.20 Å². The highest BCUT2D eigenvalue weighted by Gasteiger charge is 2.13. The average Bonchev–Trinajstić information content (AvgIpc) is 2.70. The van der Waals surface area contributed by atoms with Gasteiger partial charge in [0.2, 0.25) is 0 Å². The molecule has 2 rings (SSSR count). The van der Waals surface area contributed by atoms with Gasteiger partial charge in [0.15, 0.2) is 0 Å². The number of rotatable bonds is 2. The van der Waals surface area contributed by atoms with Gasteiger partial charge in [0.1, 0.15) is 11.5 Å². The van der Waals surface area contributed by atoms with Crippen LogP contribution in [0.5, 0.6) is 0 Å². The second-order valence-corrected chi connectivity index (χ2v) is 3.63. The SMILES string of the molecule is Cc1cc(N2CCCC2)ncc1N=N. The molecule has 0 amide bonds. The molecule has 0 radical (unpaired) electrons. The molecule has 0 unspecified atom stereocenters. The molecule has 1 aliphatic rings. The molecule has 74 valence electrons. The van der Waals surface area contributed by atoms with Gasteiger partial charge in [-0.15, -0.1) is 0 Å². The van der Waals surface area contributed by atoms with Crippen molar-refractivity contribution in [2.45, 2.75) is 19.8 Å². The second kappa shape index (κ2) is 3.74. The van der Waals surface area contributed by atoms with Crippen LogP contribution in [0.2, 0.25) is 0 Å². The first kappa shape index (κ1) is 9.12. The van der Waals surface area contributed by atoms with E-state index in [-0.39, 0.29) is 0 Å². The lowest BCUT2D eigenvalue weighted by Crippen LogP contribution is -2.18. The Morgan fingerprint density at radius 2 is 2.14 bits per heavy atom. The summed E-state index contributed by atoms with van der Waals surface area (Å²) >= 11 is 0. The number of hydrogen-bond acceptors (Lipinski definition) is 4. The van der Waals surface area contributed by atoms with Crippen molar-refractivity contribution in [2.24, 2.45) is 5.11 Å². The molecule has 14 heavy (non-hydrogen) atoms. The van der Waals surface area contributed by atoms with Crippen LogP contribution >= 0.6 is 0 Å². The number of nitrogens with one attached hydrogen (secondary N) is 1. The van der Waals surface area contributed by atoms with E-state index in [4.69, 9.17) is 5.53 Å². The number of hydrogen-bond donors (Lipinski definition) is 1. The van der Waals surface area contributed by atoms with Crippen molar-refractivity contribution in [3.63, 3.8) is 0 Å². The summed E-state index contributed by atoms with van der Waals surface area (Å²) < 4.78 is 0. The summed E-state index contributed by atoms with van der Waals surface area (Å²) in [7, 11) is 0. The Balaban J connectivity index is 2.27. The van der Waals surface area contributed by atoms with Gasteiger partial charge in [0.25, 0.3) is 0 Å². The summed E-state index contributed by atoms with van der Waals surface area (Å²) in [6, 6.07) is 2.01. The molecule has 0 aliphatic carbocycles. The molecular weight excluding hydrogens is 176 g/mol. The third kappa shape index (κ3) is 1.60. The third-order valence-electron chi connectivity index (χ3n) is 2.62. The second-order valence-electron chi connectivity index (χ2n) is 3.63. The number of pyridine rings is 1. The Kier molecular flexibility index (Phi) is 2.43. The summed E-state index contributed by atoms with van der Waals surface area (Å²) in [5.74, 6) is 1.02.